The van der Waals surface area contributed by atoms with Gasteiger partial charge in [0.15, 0.2) is 0 Å². The standard InChI is InChI=1S/C12H24N2/c1-12(2,3)9-13-10-6-8-14-7-4-5-11(10)14/h10-11,13H,4-9H2,1-3H3. The van der Waals surface area contributed by atoms with Crippen LogP contribution in [0.4, 0.5) is 0 Å². The van der Waals surface area contributed by atoms with E-state index >= 15 is 0 Å². The van der Waals surface area contributed by atoms with Crippen LogP contribution in [0, 0.1) is 5.41 Å². The molecule has 0 bridgehead atoms. The lowest BCUT2D eigenvalue weighted by molar-refractivity contribution is 0.280. The molecule has 2 nitrogen and oxygen atoms in total. The summed E-state index contributed by atoms with van der Waals surface area (Å²) < 4.78 is 0. The van der Waals surface area contributed by atoms with Crippen LogP contribution in [0.5, 0.6) is 0 Å². The highest BCUT2D eigenvalue weighted by molar-refractivity contribution is 4.95. The summed E-state index contributed by atoms with van der Waals surface area (Å²) in [6.45, 7) is 10.7. The number of hydrogen-bond acceptors (Lipinski definition) is 2. The summed E-state index contributed by atoms with van der Waals surface area (Å²) in [6, 6.07) is 1.63. The van der Waals surface area contributed by atoms with Crippen LogP contribution in [0.15, 0.2) is 0 Å². The van der Waals surface area contributed by atoms with Crippen molar-refractivity contribution in [2.45, 2.75) is 52.1 Å². The predicted molar refractivity (Wildman–Crippen MR) is 60.5 cm³/mol. The summed E-state index contributed by atoms with van der Waals surface area (Å²) in [5.74, 6) is 0. The summed E-state index contributed by atoms with van der Waals surface area (Å²) >= 11 is 0. The number of nitrogens with zero attached hydrogens (tertiary/aromatic N) is 1. The molecule has 0 aromatic heterocycles. The van der Waals surface area contributed by atoms with E-state index in [4.69, 9.17) is 0 Å². The zero-order valence-corrected chi connectivity index (χ0v) is 9.84. The molecule has 82 valence electrons. The molecule has 0 amide bonds. The minimum Gasteiger partial charge on any atom is -0.312 e. The molecule has 2 rings (SSSR count). The molecule has 0 spiro atoms. The van der Waals surface area contributed by atoms with Gasteiger partial charge in [-0.3, -0.25) is 4.90 Å². The van der Waals surface area contributed by atoms with Crippen LogP contribution in [-0.2, 0) is 0 Å². The maximum atomic E-state index is 3.75. The fraction of sp³-hybridized carbons (Fsp3) is 1.00. The molecule has 1 N–H and O–H groups in total. The van der Waals surface area contributed by atoms with Crippen molar-refractivity contribution in [1.29, 1.82) is 0 Å². The molecule has 2 unspecified atom stereocenters. The zero-order valence-electron chi connectivity index (χ0n) is 9.84. The number of fused-ring (bicyclic) bond motifs is 1. The molecule has 2 aliphatic heterocycles. The molecule has 2 saturated heterocycles. The highest BCUT2D eigenvalue weighted by Gasteiger charge is 2.36. The van der Waals surface area contributed by atoms with Crippen molar-refractivity contribution < 1.29 is 0 Å². The molecule has 2 heterocycles. The molecule has 14 heavy (non-hydrogen) atoms. The highest BCUT2D eigenvalue weighted by atomic mass is 15.2. The number of nitrogens with one attached hydrogen (secondary N) is 1. The van der Waals surface area contributed by atoms with Gasteiger partial charge >= 0.3 is 0 Å². The van der Waals surface area contributed by atoms with Gasteiger partial charge in [0.05, 0.1) is 0 Å². The monoisotopic (exact) mass is 196 g/mol. The third-order valence-electron chi connectivity index (χ3n) is 3.50. The molecule has 2 atom stereocenters. The first-order valence-corrected chi connectivity index (χ1v) is 6.04. The Morgan fingerprint density at radius 3 is 2.71 bits per heavy atom. The van der Waals surface area contributed by atoms with Crippen LogP contribution in [0.25, 0.3) is 0 Å². The quantitative estimate of drug-likeness (QED) is 0.725. The minimum atomic E-state index is 0.423. The van der Waals surface area contributed by atoms with Gasteiger partial charge in [-0.05, 0) is 31.2 Å². The molecule has 2 aliphatic rings. The van der Waals surface area contributed by atoms with Crippen LogP contribution in [-0.4, -0.2) is 36.6 Å². The highest BCUT2D eigenvalue weighted by Crippen LogP contribution is 2.28. The van der Waals surface area contributed by atoms with Crippen LogP contribution in [0.2, 0.25) is 0 Å². The average molecular weight is 196 g/mol. The van der Waals surface area contributed by atoms with Gasteiger partial charge in [0, 0.05) is 25.2 Å². The van der Waals surface area contributed by atoms with Gasteiger partial charge in [-0.25, -0.2) is 0 Å². The van der Waals surface area contributed by atoms with Gasteiger partial charge in [0.2, 0.25) is 0 Å². The van der Waals surface area contributed by atoms with E-state index in [9.17, 15) is 0 Å². The first kappa shape index (κ1) is 10.4. The van der Waals surface area contributed by atoms with Gasteiger partial charge in [-0.15, -0.1) is 0 Å². The van der Waals surface area contributed by atoms with Gasteiger partial charge in [0.25, 0.3) is 0 Å². The van der Waals surface area contributed by atoms with E-state index in [1.807, 2.05) is 0 Å². The summed E-state index contributed by atoms with van der Waals surface area (Å²) in [5, 5.41) is 3.75. The van der Waals surface area contributed by atoms with Gasteiger partial charge in [-0.2, -0.15) is 0 Å². The molecule has 0 radical (unpaired) electrons. The second kappa shape index (κ2) is 3.82. The summed E-state index contributed by atoms with van der Waals surface area (Å²) in [4.78, 5) is 2.67. The predicted octanol–water partition coefficient (Wildman–Crippen LogP) is 1.86. The lowest BCUT2D eigenvalue weighted by Gasteiger charge is -2.26. The Balaban J connectivity index is 1.81. The third-order valence-corrected chi connectivity index (χ3v) is 3.50. The second-order valence-electron chi connectivity index (χ2n) is 6.08. The Morgan fingerprint density at radius 1 is 1.21 bits per heavy atom. The third kappa shape index (κ3) is 2.29. The van der Waals surface area contributed by atoms with Crippen molar-refractivity contribution in [3.63, 3.8) is 0 Å². The van der Waals surface area contributed by atoms with Crippen molar-refractivity contribution in [1.82, 2.24) is 10.2 Å². The first-order valence-electron chi connectivity index (χ1n) is 6.04. The lowest BCUT2D eigenvalue weighted by Crippen LogP contribution is -2.42. The Hall–Kier alpha value is -0.0800. The van der Waals surface area contributed by atoms with Crippen molar-refractivity contribution in [3.05, 3.63) is 0 Å². The molecule has 0 aromatic carbocycles. The molecule has 0 aromatic rings. The van der Waals surface area contributed by atoms with Crippen molar-refractivity contribution >= 4 is 0 Å². The fourth-order valence-corrected chi connectivity index (χ4v) is 2.76. The van der Waals surface area contributed by atoms with E-state index in [2.05, 4.69) is 31.0 Å². The van der Waals surface area contributed by atoms with Crippen molar-refractivity contribution in [2.24, 2.45) is 5.41 Å². The van der Waals surface area contributed by atoms with E-state index in [1.54, 1.807) is 0 Å². The smallest absolute Gasteiger partial charge is 0.0250 e. The van der Waals surface area contributed by atoms with E-state index in [1.165, 1.54) is 32.4 Å². The number of rotatable bonds is 2. The fourth-order valence-electron chi connectivity index (χ4n) is 2.76. The average Bonchev–Trinajstić information content (AvgIpc) is 2.59. The number of hydrogen-bond donors (Lipinski definition) is 1. The Bertz CT molecular complexity index is 195. The topological polar surface area (TPSA) is 15.3 Å². The molecule has 2 fully saturated rings. The maximum Gasteiger partial charge on any atom is 0.0250 e. The Morgan fingerprint density at radius 2 is 2.00 bits per heavy atom. The largest absolute Gasteiger partial charge is 0.312 e. The van der Waals surface area contributed by atoms with E-state index in [0.717, 1.165) is 18.6 Å². The van der Waals surface area contributed by atoms with Crippen molar-refractivity contribution in [2.75, 3.05) is 19.6 Å². The summed E-state index contributed by atoms with van der Waals surface area (Å²) in [5.41, 5.74) is 0.423. The van der Waals surface area contributed by atoms with Crippen LogP contribution < -0.4 is 5.32 Å². The molecule has 0 saturated carbocycles. The molecular weight excluding hydrogens is 172 g/mol. The Labute approximate surface area is 88.1 Å². The summed E-state index contributed by atoms with van der Waals surface area (Å²) in [7, 11) is 0. The Kier molecular flexibility index (Phi) is 2.85. The summed E-state index contributed by atoms with van der Waals surface area (Å²) in [6.07, 6.45) is 4.20. The molecule has 2 heteroatoms. The molecular formula is C12H24N2. The normalized spacial score (nSPS) is 33.6. The lowest BCUT2D eigenvalue weighted by atomic mass is 9.95. The van der Waals surface area contributed by atoms with Gasteiger partial charge < -0.3 is 5.32 Å². The van der Waals surface area contributed by atoms with Gasteiger partial charge in [0.1, 0.15) is 0 Å². The second-order valence-corrected chi connectivity index (χ2v) is 6.08. The zero-order chi connectivity index (χ0) is 10.2. The van der Waals surface area contributed by atoms with E-state index < -0.39 is 0 Å². The van der Waals surface area contributed by atoms with Gasteiger partial charge in [-0.1, -0.05) is 20.8 Å². The van der Waals surface area contributed by atoms with E-state index in [-0.39, 0.29) is 0 Å². The van der Waals surface area contributed by atoms with Crippen LogP contribution in [0.3, 0.4) is 0 Å². The molecule has 0 aliphatic carbocycles. The van der Waals surface area contributed by atoms with Crippen LogP contribution >= 0.6 is 0 Å². The maximum absolute atomic E-state index is 3.75. The first-order chi connectivity index (χ1) is 6.56. The van der Waals surface area contributed by atoms with Crippen molar-refractivity contribution in [3.8, 4) is 0 Å². The minimum absolute atomic E-state index is 0.423. The SMILES string of the molecule is CC(C)(C)CNC1CCN2CCCC12. The van der Waals surface area contributed by atoms with E-state index in [0.29, 0.717) is 5.41 Å². The van der Waals surface area contributed by atoms with Crippen LogP contribution in [0.1, 0.15) is 40.0 Å².